The predicted molar refractivity (Wildman–Crippen MR) is 94.1 cm³/mol. The lowest BCUT2D eigenvalue weighted by molar-refractivity contribution is -0.123. The van der Waals surface area contributed by atoms with Crippen molar-refractivity contribution in [3.05, 3.63) is 53.8 Å². The third-order valence-electron chi connectivity index (χ3n) is 3.48. The summed E-state index contributed by atoms with van der Waals surface area (Å²) in [5.74, 6) is -1.04. The Bertz CT molecular complexity index is 793. The van der Waals surface area contributed by atoms with Gasteiger partial charge in [0.25, 0.3) is 5.91 Å². The summed E-state index contributed by atoms with van der Waals surface area (Å²) in [5, 5.41) is 2.38. The van der Waals surface area contributed by atoms with Crippen molar-refractivity contribution in [3.63, 3.8) is 0 Å². The Kier molecular flexibility index (Phi) is 6.54. The van der Waals surface area contributed by atoms with Crippen molar-refractivity contribution in [3.8, 4) is 11.5 Å². The van der Waals surface area contributed by atoms with Crippen LogP contribution in [0.15, 0.2) is 42.5 Å². The van der Waals surface area contributed by atoms with Crippen molar-refractivity contribution >= 4 is 17.6 Å². The average Bonchev–Trinajstić information content (AvgIpc) is 2.64. The van der Waals surface area contributed by atoms with Crippen LogP contribution in [0.1, 0.15) is 24.2 Å². The summed E-state index contributed by atoms with van der Waals surface area (Å²) in [7, 11) is 1.46. The topological polar surface area (TPSA) is 73.9 Å². The van der Waals surface area contributed by atoms with Crippen LogP contribution in [0.5, 0.6) is 11.5 Å². The number of carbonyl (C=O) groups is 2. The number of benzene rings is 2. The van der Waals surface area contributed by atoms with Crippen molar-refractivity contribution in [1.82, 2.24) is 0 Å². The first-order valence-corrected chi connectivity index (χ1v) is 8.03. The zero-order valence-corrected chi connectivity index (χ0v) is 14.7. The summed E-state index contributed by atoms with van der Waals surface area (Å²) < 4.78 is 29.3. The van der Waals surface area contributed by atoms with Gasteiger partial charge in [0.2, 0.25) is 0 Å². The summed E-state index contributed by atoms with van der Waals surface area (Å²) in [5.41, 5.74) is 0.221. The molecular weight excluding hydrogens is 341 g/mol. The second-order valence-corrected chi connectivity index (χ2v) is 5.32. The SMILES string of the molecule is CCOc1ccc(C(=O)OC(C)C(=O)Nc2ccccc2F)cc1OC. The minimum absolute atomic E-state index is 0.0168. The number of nitrogens with one attached hydrogen (secondary N) is 1. The average molecular weight is 361 g/mol. The van der Waals surface area contributed by atoms with Crippen LogP contribution in [0.25, 0.3) is 0 Å². The molecule has 0 fully saturated rings. The van der Waals surface area contributed by atoms with Gasteiger partial charge >= 0.3 is 5.97 Å². The van der Waals surface area contributed by atoms with Crippen molar-refractivity contribution in [1.29, 1.82) is 0 Å². The van der Waals surface area contributed by atoms with Crippen LogP contribution >= 0.6 is 0 Å². The molecule has 2 rings (SSSR count). The highest BCUT2D eigenvalue weighted by Crippen LogP contribution is 2.28. The Hall–Kier alpha value is -3.09. The van der Waals surface area contributed by atoms with Crippen LogP contribution in [0.2, 0.25) is 0 Å². The van der Waals surface area contributed by atoms with E-state index in [1.54, 1.807) is 12.1 Å². The van der Waals surface area contributed by atoms with Crippen molar-refractivity contribution in [2.75, 3.05) is 19.0 Å². The molecule has 1 N–H and O–H groups in total. The Balaban J connectivity index is 2.04. The summed E-state index contributed by atoms with van der Waals surface area (Å²) in [6.07, 6.45) is -1.11. The number of hydrogen-bond acceptors (Lipinski definition) is 5. The van der Waals surface area contributed by atoms with E-state index in [9.17, 15) is 14.0 Å². The molecule has 2 aromatic rings. The van der Waals surface area contributed by atoms with Crippen LogP contribution in [-0.4, -0.2) is 31.7 Å². The first kappa shape index (κ1) is 19.2. The van der Waals surface area contributed by atoms with Crippen LogP contribution in [0.4, 0.5) is 10.1 Å². The van der Waals surface area contributed by atoms with Gasteiger partial charge in [-0.2, -0.15) is 0 Å². The second-order valence-electron chi connectivity index (χ2n) is 5.32. The molecule has 0 bridgehead atoms. The number of rotatable bonds is 7. The van der Waals surface area contributed by atoms with Crippen LogP contribution in [0, 0.1) is 5.82 Å². The van der Waals surface area contributed by atoms with Gasteiger partial charge in [0.1, 0.15) is 5.82 Å². The number of carbonyl (C=O) groups excluding carboxylic acids is 2. The Labute approximate surface area is 150 Å². The highest BCUT2D eigenvalue weighted by atomic mass is 19.1. The van der Waals surface area contributed by atoms with Crippen molar-refractivity contribution in [2.24, 2.45) is 0 Å². The Morgan fingerprint density at radius 2 is 1.88 bits per heavy atom. The molecule has 0 aliphatic carbocycles. The third-order valence-corrected chi connectivity index (χ3v) is 3.48. The summed E-state index contributed by atoms with van der Waals surface area (Å²) in [6, 6.07) is 10.3. The Morgan fingerprint density at radius 3 is 2.54 bits per heavy atom. The fourth-order valence-electron chi connectivity index (χ4n) is 2.15. The molecule has 0 saturated carbocycles. The lowest BCUT2D eigenvalue weighted by Gasteiger charge is -2.15. The molecule has 2 aromatic carbocycles. The maximum atomic E-state index is 13.6. The number of halogens is 1. The lowest BCUT2D eigenvalue weighted by Crippen LogP contribution is -2.30. The minimum atomic E-state index is -1.11. The summed E-state index contributed by atoms with van der Waals surface area (Å²) >= 11 is 0. The molecule has 138 valence electrons. The first-order valence-electron chi connectivity index (χ1n) is 8.03. The molecule has 0 aromatic heterocycles. The number of esters is 1. The molecule has 7 heteroatoms. The van der Waals surface area contributed by atoms with Gasteiger partial charge in [0.15, 0.2) is 17.6 Å². The van der Waals surface area contributed by atoms with E-state index >= 15 is 0 Å². The quantitative estimate of drug-likeness (QED) is 0.765. The zero-order chi connectivity index (χ0) is 19.1. The van der Waals surface area contributed by atoms with Gasteiger partial charge in [0.05, 0.1) is 25.0 Å². The maximum Gasteiger partial charge on any atom is 0.339 e. The second kappa shape index (κ2) is 8.84. The molecule has 0 saturated heterocycles. The highest BCUT2D eigenvalue weighted by molar-refractivity contribution is 5.97. The fraction of sp³-hybridized carbons (Fsp3) is 0.263. The molecule has 1 unspecified atom stereocenters. The largest absolute Gasteiger partial charge is 0.493 e. The molecule has 6 nitrogen and oxygen atoms in total. The molecule has 0 aliphatic rings. The number of anilines is 1. The standard InChI is InChI=1S/C19H20FNO5/c1-4-25-16-10-9-13(11-17(16)24-3)19(23)26-12(2)18(22)21-15-8-6-5-7-14(15)20/h5-12H,4H2,1-3H3,(H,21,22). The molecule has 0 radical (unpaired) electrons. The number of para-hydroxylation sites is 1. The van der Waals surface area contributed by atoms with E-state index in [1.807, 2.05) is 6.92 Å². The number of amides is 1. The van der Waals surface area contributed by atoms with E-state index in [4.69, 9.17) is 14.2 Å². The van der Waals surface area contributed by atoms with Crippen LogP contribution in [0.3, 0.4) is 0 Å². The van der Waals surface area contributed by atoms with Gasteiger partial charge < -0.3 is 19.5 Å². The van der Waals surface area contributed by atoms with E-state index in [0.717, 1.165) is 0 Å². The predicted octanol–water partition coefficient (Wildman–Crippen LogP) is 3.42. The van der Waals surface area contributed by atoms with E-state index in [2.05, 4.69) is 5.32 Å². The lowest BCUT2D eigenvalue weighted by atomic mass is 10.2. The van der Waals surface area contributed by atoms with E-state index in [0.29, 0.717) is 18.1 Å². The van der Waals surface area contributed by atoms with Crippen LogP contribution in [-0.2, 0) is 9.53 Å². The summed E-state index contributed by atoms with van der Waals surface area (Å²) in [4.78, 5) is 24.3. The molecule has 1 amide bonds. The van der Waals surface area contributed by atoms with E-state index in [1.165, 1.54) is 44.4 Å². The molecule has 0 spiro atoms. The van der Waals surface area contributed by atoms with Gasteiger partial charge in [-0.1, -0.05) is 12.1 Å². The number of methoxy groups -OCH3 is 1. The fourth-order valence-corrected chi connectivity index (χ4v) is 2.15. The third kappa shape index (κ3) is 4.72. The van der Waals surface area contributed by atoms with Crippen LogP contribution < -0.4 is 14.8 Å². The molecule has 26 heavy (non-hydrogen) atoms. The van der Waals surface area contributed by atoms with Crippen molar-refractivity contribution < 1.29 is 28.2 Å². The first-order chi connectivity index (χ1) is 12.5. The number of ether oxygens (including phenoxy) is 3. The molecule has 0 heterocycles. The Morgan fingerprint density at radius 1 is 1.15 bits per heavy atom. The van der Waals surface area contributed by atoms with Gasteiger partial charge in [-0.05, 0) is 44.2 Å². The molecule has 1 atom stereocenters. The number of hydrogen-bond donors (Lipinski definition) is 1. The van der Waals surface area contributed by atoms with Crippen molar-refractivity contribution in [2.45, 2.75) is 20.0 Å². The summed E-state index contributed by atoms with van der Waals surface area (Å²) in [6.45, 7) is 3.69. The van der Waals surface area contributed by atoms with E-state index < -0.39 is 23.8 Å². The highest BCUT2D eigenvalue weighted by Gasteiger charge is 2.21. The molecular formula is C19H20FNO5. The normalized spacial score (nSPS) is 11.4. The monoisotopic (exact) mass is 361 g/mol. The maximum absolute atomic E-state index is 13.6. The van der Waals surface area contributed by atoms with Gasteiger partial charge in [-0.3, -0.25) is 4.79 Å². The smallest absolute Gasteiger partial charge is 0.339 e. The van der Waals surface area contributed by atoms with Gasteiger partial charge in [-0.15, -0.1) is 0 Å². The van der Waals surface area contributed by atoms with Gasteiger partial charge in [-0.25, -0.2) is 9.18 Å². The van der Waals surface area contributed by atoms with E-state index in [-0.39, 0.29) is 11.3 Å². The molecule has 0 aliphatic heterocycles. The zero-order valence-electron chi connectivity index (χ0n) is 14.7. The minimum Gasteiger partial charge on any atom is -0.493 e. The van der Waals surface area contributed by atoms with Gasteiger partial charge in [0, 0.05) is 0 Å².